The summed E-state index contributed by atoms with van der Waals surface area (Å²) in [4.78, 5) is 26.4. The molecule has 2 amide bonds. The van der Waals surface area contributed by atoms with Crippen LogP contribution in [-0.2, 0) is 19.1 Å². The van der Waals surface area contributed by atoms with Gasteiger partial charge in [0.05, 0.1) is 6.61 Å². The van der Waals surface area contributed by atoms with E-state index >= 15 is 0 Å². The topological polar surface area (TPSA) is 59.1 Å². The van der Waals surface area contributed by atoms with Crippen molar-refractivity contribution in [1.82, 2.24) is 9.80 Å². The SMILES string of the molecule is CC(CCN1CCOCC1=O)N1COCC1=O. The molecule has 2 aliphatic heterocycles. The van der Waals surface area contributed by atoms with Crippen LogP contribution in [0.5, 0.6) is 0 Å². The van der Waals surface area contributed by atoms with Gasteiger partial charge >= 0.3 is 0 Å². The quantitative estimate of drug-likeness (QED) is 0.663. The average molecular weight is 242 g/mol. The number of nitrogens with zero attached hydrogens (tertiary/aromatic N) is 2. The highest BCUT2D eigenvalue weighted by Gasteiger charge is 2.27. The molecule has 1 atom stereocenters. The van der Waals surface area contributed by atoms with Gasteiger partial charge in [0, 0.05) is 19.1 Å². The van der Waals surface area contributed by atoms with E-state index in [0.717, 1.165) is 6.42 Å². The van der Waals surface area contributed by atoms with Crippen LogP contribution in [0.25, 0.3) is 0 Å². The summed E-state index contributed by atoms with van der Waals surface area (Å²) in [5.41, 5.74) is 0. The summed E-state index contributed by atoms with van der Waals surface area (Å²) in [7, 11) is 0. The highest BCUT2D eigenvalue weighted by atomic mass is 16.5. The number of morpholine rings is 1. The van der Waals surface area contributed by atoms with Gasteiger partial charge in [-0.15, -0.1) is 0 Å². The summed E-state index contributed by atoms with van der Waals surface area (Å²) >= 11 is 0. The van der Waals surface area contributed by atoms with Crippen molar-refractivity contribution in [3.05, 3.63) is 0 Å². The molecular weight excluding hydrogens is 224 g/mol. The molecule has 0 aromatic heterocycles. The number of amides is 2. The third-order valence-electron chi connectivity index (χ3n) is 3.21. The standard InChI is InChI=1S/C11H18N2O4/c1-9(13-8-17-7-11(13)15)2-3-12-4-5-16-6-10(12)14/h9H,2-8H2,1H3. The molecule has 0 aliphatic carbocycles. The average Bonchev–Trinajstić information content (AvgIpc) is 2.74. The molecule has 2 saturated heterocycles. The van der Waals surface area contributed by atoms with E-state index in [0.29, 0.717) is 26.4 Å². The Bertz CT molecular complexity index is 308. The lowest BCUT2D eigenvalue weighted by Crippen LogP contribution is -2.44. The van der Waals surface area contributed by atoms with E-state index in [4.69, 9.17) is 9.47 Å². The molecule has 0 N–H and O–H groups in total. The Balaban J connectivity index is 1.77. The van der Waals surface area contributed by atoms with Gasteiger partial charge in [-0.1, -0.05) is 0 Å². The Morgan fingerprint density at radius 2 is 2.00 bits per heavy atom. The fourth-order valence-corrected chi connectivity index (χ4v) is 2.04. The van der Waals surface area contributed by atoms with Crippen LogP contribution in [0.2, 0.25) is 0 Å². The predicted octanol–water partition coefficient (Wildman–Crippen LogP) is -0.560. The fraction of sp³-hybridized carbons (Fsp3) is 0.818. The van der Waals surface area contributed by atoms with Gasteiger partial charge in [-0.25, -0.2) is 0 Å². The Labute approximate surface area is 100 Å². The number of ether oxygens (including phenoxy) is 2. The molecule has 6 nitrogen and oxygen atoms in total. The van der Waals surface area contributed by atoms with Crippen molar-refractivity contribution in [2.24, 2.45) is 0 Å². The van der Waals surface area contributed by atoms with Crippen LogP contribution in [-0.4, -0.2) is 67.3 Å². The molecule has 0 bridgehead atoms. The van der Waals surface area contributed by atoms with Crippen LogP contribution >= 0.6 is 0 Å². The summed E-state index contributed by atoms with van der Waals surface area (Å²) in [6.07, 6.45) is 0.779. The van der Waals surface area contributed by atoms with Crippen LogP contribution in [0.3, 0.4) is 0 Å². The largest absolute Gasteiger partial charge is 0.370 e. The van der Waals surface area contributed by atoms with Gasteiger partial charge < -0.3 is 19.3 Å². The van der Waals surface area contributed by atoms with Crippen molar-refractivity contribution in [2.75, 3.05) is 39.6 Å². The highest BCUT2D eigenvalue weighted by Crippen LogP contribution is 2.11. The lowest BCUT2D eigenvalue weighted by molar-refractivity contribution is -0.142. The third-order valence-corrected chi connectivity index (χ3v) is 3.21. The second kappa shape index (κ2) is 5.46. The van der Waals surface area contributed by atoms with Gasteiger partial charge in [-0.2, -0.15) is 0 Å². The normalized spacial score (nSPS) is 23.4. The van der Waals surface area contributed by atoms with E-state index in [2.05, 4.69) is 0 Å². The van der Waals surface area contributed by atoms with Gasteiger partial charge in [0.15, 0.2) is 0 Å². The smallest absolute Gasteiger partial charge is 0.250 e. The first-order valence-electron chi connectivity index (χ1n) is 5.91. The van der Waals surface area contributed by atoms with Gasteiger partial charge in [-0.05, 0) is 13.3 Å². The molecule has 2 fully saturated rings. The van der Waals surface area contributed by atoms with Crippen molar-refractivity contribution in [2.45, 2.75) is 19.4 Å². The van der Waals surface area contributed by atoms with Gasteiger partial charge in [0.2, 0.25) is 5.91 Å². The minimum atomic E-state index is 0.0332. The lowest BCUT2D eigenvalue weighted by Gasteiger charge is -2.29. The first-order valence-corrected chi connectivity index (χ1v) is 5.91. The highest BCUT2D eigenvalue weighted by molar-refractivity contribution is 5.79. The minimum absolute atomic E-state index is 0.0332. The molecule has 0 spiro atoms. The molecule has 2 aliphatic rings. The molecule has 0 aromatic rings. The molecular formula is C11H18N2O4. The van der Waals surface area contributed by atoms with E-state index in [1.54, 1.807) is 9.80 Å². The van der Waals surface area contributed by atoms with Crippen molar-refractivity contribution in [3.63, 3.8) is 0 Å². The van der Waals surface area contributed by atoms with E-state index in [1.165, 1.54) is 0 Å². The number of carbonyl (C=O) groups is 2. The fourth-order valence-electron chi connectivity index (χ4n) is 2.04. The molecule has 96 valence electrons. The predicted molar refractivity (Wildman–Crippen MR) is 59.1 cm³/mol. The minimum Gasteiger partial charge on any atom is -0.370 e. The Kier molecular flexibility index (Phi) is 3.96. The molecule has 2 heterocycles. The summed E-state index contributed by atoms with van der Waals surface area (Å²) in [5.74, 6) is 0.0678. The molecule has 2 rings (SSSR count). The zero-order valence-corrected chi connectivity index (χ0v) is 10.1. The number of rotatable bonds is 4. The van der Waals surface area contributed by atoms with Crippen molar-refractivity contribution >= 4 is 11.8 Å². The van der Waals surface area contributed by atoms with E-state index in [9.17, 15) is 9.59 Å². The van der Waals surface area contributed by atoms with Crippen LogP contribution in [0.4, 0.5) is 0 Å². The maximum Gasteiger partial charge on any atom is 0.250 e. The summed E-state index contributed by atoms with van der Waals surface area (Å²) in [6, 6.07) is 0.112. The van der Waals surface area contributed by atoms with E-state index < -0.39 is 0 Å². The van der Waals surface area contributed by atoms with Gasteiger partial charge in [-0.3, -0.25) is 9.59 Å². The molecule has 0 aromatic carbocycles. The van der Waals surface area contributed by atoms with Gasteiger partial charge in [0.1, 0.15) is 19.9 Å². The third kappa shape index (κ3) is 2.95. The molecule has 1 unspecified atom stereocenters. The summed E-state index contributed by atoms with van der Waals surface area (Å²) in [6.45, 7) is 4.64. The lowest BCUT2D eigenvalue weighted by atomic mass is 10.2. The number of hydrogen-bond donors (Lipinski definition) is 0. The van der Waals surface area contributed by atoms with Crippen molar-refractivity contribution < 1.29 is 19.1 Å². The summed E-state index contributed by atoms with van der Waals surface area (Å²) < 4.78 is 10.1. The maximum atomic E-state index is 11.5. The number of carbonyl (C=O) groups excluding carboxylic acids is 2. The van der Waals surface area contributed by atoms with Crippen LogP contribution in [0, 0.1) is 0 Å². The molecule has 17 heavy (non-hydrogen) atoms. The van der Waals surface area contributed by atoms with E-state index in [-0.39, 0.29) is 31.1 Å². The first-order chi connectivity index (χ1) is 8.18. The van der Waals surface area contributed by atoms with Crippen LogP contribution in [0.1, 0.15) is 13.3 Å². The van der Waals surface area contributed by atoms with Crippen molar-refractivity contribution in [3.8, 4) is 0 Å². The summed E-state index contributed by atoms with van der Waals surface area (Å²) in [5, 5.41) is 0. The number of hydrogen-bond acceptors (Lipinski definition) is 4. The zero-order chi connectivity index (χ0) is 12.3. The first kappa shape index (κ1) is 12.3. The van der Waals surface area contributed by atoms with E-state index in [1.807, 2.05) is 6.92 Å². The Morgan fingerprint density at radius 3 is 2.65 bits per heavy atom. The second-order valence-electron chi connectivity index (χ2n) is 4.41. The van der Waals surface area contributed by atoms with Crippen LogP contribution in [0.15, 0.2) is 0 Å². The monoisotopic (exact) mass is 242 g/mol. The second-order valence-corrected chi connectivity index (χ2v) is 4.41. The zero-order valence-electron chi connectivity index (χ0n) is 10.1. The molecule has 0 radical (unpaired) electrons. The Hall–Kier alpha value is -1.14. The van der Waals surface area contributed by atoms with Crippen LogP contribution < -0.4 is 0 Å². The Morgan fingerprint density at radius 1 is 1.24 bits per heavy atom. The van der Waals surface area contributed by atoms with Gasteiger partial charge in [0.25, 0.3) is 5.91 Å². The molecule has 0 saturated carbocycles. The molecule has 6 heteroatoms. The van der Waals surface area contributed by atoms with Crippen molar-refractivity contribution in [1.29, 1.82) is 0 Å². The maximum absolute atomic E-state index is 11.5.